The lowest BCUT2D eigenvalue weighted by molar-refractivity contribution is -0.0220. The van der Waals surface area contributed by atoms with Crippen molar-refractivity contribution in [3.05, 3.63) is 47.3 Å². The van der Waals surface area contributed by atoms with Gasteiger partial charge >= 0.3 is 0 Å². The summed E-state index contributed by atoms with van der Waals surface area (Å²) in [5, 5.41) is 2.54. The van der Waals surface area contributed by atoms with Crippen LogP contribution in [0.1, 0.15) is 23.2 Å². The Labute approximate surface area is 146 Å². The van der Waals surface area contributed by atoms with Crippen molar-refractivity contribution in [2.45, 2.75) is 18.8 Å². The first-order chi connectivity index (χ1) is 11.9. The van der Waals surface area contributed by atoms with E-state index in [1.54, 1.807) is 11.0 Å². The maximum atomic E-state index is 13.8. The molecule has 1 N–H and O–H groups in total. The Bertz CT molecular complexity index is 793. The van der Waals surface area contributed by atoms with Gasteiger partial charge in [-0.25, -0.2) is 18.2 Å². The molecule has 0 atom stereocenters. The molecule has 0 unspecified atom stereocenters. The number of rotatable bonds is 3. The van der Waals surface area contributed by atoms with Gasteiger partial charge in [-0.1, -0.05) is 11.6 Å². The molecule has 1 amide bonds. The van der Waals surface area contributed by atoms with E-state index >= 15 is 0 Å². The lowest BCUT2D eigenvalue weighted by Crippen LogP contribution is -2.39. The second-order valence-corrected chi connectivity index (χ2v) is 6.06. The van der Waals surface area contributed by atoms with Crippen LogP contribution in [0, 0.1) is 5.82 Å². The van der Waals surface area contributed by atoms with Gasteiger partial charge in [0.05, 0.1) is 29.3 Å². The summed E-state index contributed by atoms with van der Waals surface area (Å²) in [4.78, 5) is 21.5. The van der Waals surface area contributed by atoms with E-state index in [2.05, 4.69) is 15.3 Å². The molecule has 5 nitrogen and oxygen atoms in total. The fourth-order valence-corrected chi connectivity index (χ4v) is 2.77. The second kappa shape index (κ2) is 6.87. The number of aromatic nitrogens is 2. The van der Waals surface area contributed by atoms with Crippen LogP contribution in [0.5, 0.6) is 0 Å². The minimum absolute atomic E-state index is 0.0174. The number of pyridine rings is 2. The number of nitrogens with one attached hydrogen (secondary N) is 1. The standard InChI is InChI=1S/C16H14ClF3N4O/c17-14-7-10(11(18)8-22-14)15(25)23-12-9-21-4-1-13(12)24-5-2-16(19,20)3-6-24/h1,4,7-9H,2-3,5-6H2,(H,23,25). The van der Waals surface area contributed by atoms with E-state index < -0.39 is 17.6 Å². The Kier molecular flexibility index (Phi) is 4.80. The molecule has 25 heavy (non-hydrogen) atoms. The Balaban J connectivity index is 1.82. The van der Waals surface area contributed by atoms with E-state index in [0.29, 0.717) is 11.4 Å². The first kappa shape index (κ1) is 17.5. The van der Waals surface area contributed by atoms with Crippen LogP contribution in [0.15, 0.2) is 30.7 Å². The third kappa shape index (κ3) is 4.01. The highest BCUT2D eigenvalue weighted by atomic mass is 35.5. The molecule has 9 heteroatoms. The van der Waals surface area contributed by atoms with Gasteiger partial charge in [-0.05, 0) is 12.1 Å². The van der Waals surface area contributed by atoms with Crippen LogP contribution in [-0.4, -0.2) is 34.9 Å². The number of halogens is 4. The summed E-state index contributed by atoms with van der Waals surface area (Å²) in [6, 6.07) is 2.73. The zero-order valence-electron chi connectivity index (χ0n) is 13.0. The molecule has 0 spiro atoms. The van der Waals surface area contributed by atoms with E-state index in [-0.39, 0.29) is 36.6 Å². The van der Waals surface area contributed by atoms with Crippen molar-refractivity contribution < 1.29 is 18.0 Å². The van der Waals surface area contributed by atoms with Gasteiger partial charge in [0.25, 0.3) is 11.8 Å². The van der Waals surface area contributed by atoms with Crippen molar-refractivity contribution in [1.29, 1.82) is 0 Å². The van der Waals surface area contributed by atoms with Gasteiger partial charge in [0, 0.05) is 32.1 Å². The average molecular weight is 371 g/mol. The SMILES string of the molecule is O=C(Nc1cnccc1N1CCC(F)(F)CC1)c1cc(Cl)ncc1F. The number of alkyl halides is 2. The van der Waals surface area contributed by atoms with Crippen LogP contribution in [0.4, 0.5) is 24.5 Å². The van der Waals surface area contributed by atoms with Crippen molar-refractivity contribution in [2.75, 3.05) is 23.3 Å². The summed E-state index contributed by atoms with van der Waals surface area (Å²) in [5.41, 5.74) is 0.601. The zero-order valence-corrected chi connectivity index (χ0v) is 13.7. The molecule has 0 aromatic carbocycles. The summed E-state index contributed by atoms with van der Waals surface area (Å²) in [7, 11) is 0. The number of amides is 1. The van der Waals surface area contributed by atoms with Crippen molar-refractivity contribution in [1.82, 2.24) is 9.97 Å². The van der Waals surface area contributed by atoms with Gasteiger partial charge in [0.1, 0.15) is 5.15 Å². The maximum absolute atomic E-state index is 13.8. The molecule has 2 aromatic heterocycles. The van der Waals surface area contributed by atoms with E-state index in [1.165, 1.54) is 12.4 Å². The minimum atomic E-state index is -2.68. The van der Waals surface area contributed by atoms with E-state index in [0.717, 1.165) is 12.3 Å². The van der Waals surface area contributed by atoms with Crippen molar-refractivity contribution in [3.63, 3.8) is 0 Å². The van der Waals surface area contributed by atoms with Gasteiger partial charge < -0.3 is 10.2 Å². The fourth-order valence-electron chi connectivity index (χ4n) is 2.61. The topological polar surface area (TPSA) is 58.1 Å². The molecule has 132 valence electrons. The smallest absolute Gasteiger partial charge is 0.258 e. The Morgan fingerprint density at radius 3 is 2.72 bits per heavy atom. The van der Waals surface area contributed by atoms with Crippen LogP contribution >= 0.6 is 11.6 Å². The third-order valence-corrected chi connectivity index (χ3v) is 4.16. The van der Waals surface area contributed by atoms with E-state index in [1.807, 2.05) is 0 Å². The molecule has 1 saturated heterocycles. The molecule has 0 aliphatic carbocycles. The van der Waals surface area contributed by atoms with Crippen LogP contribution < -0.4 is 10.2 Å². The molecule has 2 aromatic rings. The number of nitrogens with zero attached hydrogens (tertiary/aromatic N) is 3. The molecule has 3 heterocycles. The van der Waals surface area contributed by atoms with Gasteiger partial charge in [-0.3, -0.25) is 9.78 Å². The number of hydrogen-bond acceptors (Lipinski definition) is 4. The lowest BCUT2D eigenvalue weighted by atomic mass is 10.1. The maximum Gasteiger partial charge on any atom is 0.258 e. The Morgan fingerprint density at radius 2 is 2.00 bits per heavy atom. The molecule has 3 rings (SSSR count). The highest BCUT2D eigenvalue weighted by Crippen LogP contribution is 2.33. The molecular formula is C16H14ClF3N4O. The van der Waals surface area contributed by atoms with Gasteiger partial charge in [0.15, 0.2) is 5.82 Å². The van der Waals surface area contributed by atoms with Crippen LogP contribution in [-0.2, 0) is 0 Å². The van der Waals surface area contributed by atoms with Crippen LogP contribution in [0.3, 0.4) is 0 Å². The van der Waals surface area contributed by atoms with Crippen molar-refractivity contribution >= 4 is 28.9 Å². The van der Waals surface area contributed by atoms with Crippen molar-refractivity contribution in [3.8, 4) is 0 Å². The molecule has 0 saturated carbocycles. The van der Waals surface area contributed by atoms with Gasteiger partial charge in [-0.15, -0.1) is 0 Å². The van der Waals surface area contributed by atoms with Crippen molar-refractivity contribution in [2.24, 2.45) is 0 Å². The summed E-state index contributed by atoms with van der Waals surface area (Å²) in [5.74, 6) is -4.22. The number of hydrogen-bond donors (Lipinski definition) is 1. The quantitative estimate of drug-likeness (QED) is 0.836. The number of piperidine rings is 1. The molecular weight excluding hydrogens is 357 g/mol. The predicted octanol–water partition coefficient (Wildman–Crippen LogP) is 3.76. The van der Waals surface area contributed by atoms with Gasteiger partial charge in [0.2, 0.25) is 0 Å². The van der Waals surface area contributed by atoms with Crippen LogP contribution in [0.2, 0.25) is 5.15 Å². The molecule has 1 aliphatic rings. The van der Waals surface area contributed by atoms with Crippen LogP contribution in [0.25, 0.3) is 0 Å². The fraction of sp³-hybridized carbons (Fsp3) is 0.312. The average Bonchev–Trinajstić information content (AvgIpc) is 2.58. The van der Waals surface area contributed by atoms with E-state index in [4.69, 9.17) is 11.6 Å². The largest absolute Gasteiger partial charge is 0.369 e. The highest BCUT2D eigenvalue weighted by Gasteiger charge is 2.34. The zero-order chi connectivity index (χ0) is 18.0. The number of carbonyl (C=O) groups is 1. The molecule has 0 radical (unpaired) electrons. The van der Waals surface area contributed by atoms with E-state index in [9.17, 15) is 18.0 Å². The Morgan fingerprint density at radius 1 is 1.28 bits per heavy atom. The highest BCUT2D eigenvalue weighted by molar-refractivity contribution is 6.29. The molecule has 1 fully saturated rings. The number of anilines is 2. The summed E-state index contributed by atoms with van der Waals surface area (Å²) in [6.45, 7) is 0.296. The third-order valence-electron chi connectivity index (χ3n) is 3.95. The lowest BCUT2D eigenvalue weighted by Gasteiger charge is -2.34. The first-order valence-corrected chi connectivity index (χ1v) is 7.93. The summed E-state index contributed by atoms with van der Waals surface area (Å²) < 4.78 is 40.4. The summed E-state index contributed by atoms with van der Waals surface area (Å²) in [6.07, 6.45) is 3.21. The first-order valence-electron chi connectivity index (χ1n) is 7.55. The predicted molar refractivity (Wildman–Crippen MR) is 87.8 cm³/mol. The Hall–Kier alpha value is -2.35. The molecule has 0 bridgehead atoms. The second-order valence-electron chi connectivity index (χ2n) is 5.68. The minimum Gasteiger partial charge on any atom is -0.369 e. The normalized spacial score (nSPS) is 16.6. The number of carbonyl (C=O) groups excluding carboxylic acids is 1. The summed E-state index contributed by atoms with van der Waals surface area (Å²) >= 11 is 5.69. The monoisotopic (exact) mass is 370 g/mol. The molecule has 1 aliphatic heterocycles. The van der Waals surface area contributed by atoms with Gasteiger partial charge in [-0.2, -0.15) is 0 Å².